The van der Waals surface area contributed by atoms with Crippen LogP contribution >= 0.6 is 11.3 Å². The van der Waals surface area contributed by atoms with E-state index in [9.17, 15) is 4.79 Å². The predicted octanol–water partition coefficient (Wildman–Crippen LogP) is 2.65. The first-order valence-electron chi connectivity index (χ1n) is 6.43. The molecule has 0 radical (unpaired) electrons. The Labute approximate surface area is 122 Å². The Hall–Kier alpha value is -2.08. The zero-order valence-corrected chi connectivity index (χ0v) is 12.3. The number of amides is 1. The third-order valence-corrected chi connectivity index (χ3v) is 3.89. The fraction of sp³-hybridized carbons (Fsp3) is 0.286. The maximum Gasteiger partial charge on any atom is 0.253 e. The number of carbonyl (C=O) groups excluding carboxylic acids is 1. The van der Waals surface area contributed by atoms with Crippen LogP contribution in [-0.4, -0.2) is 17.9 Å². The fourth-order valence-corrected chi connectivity index (χ4v) is 2.72. The molecule has 1 amide bonds. The van der Waals surface area contributed by atoms with Crippen LogP contribution in [0.4, 0.5) is 11.4 Å². The van der Waals surface area contributed by atoms with Crippen molar-refractivity contribution < 1.29 is 4.79 Å². The quantitative estimate of drug-likeness (QED) is 0.740. The third-order valence-electron chi connectivity index (χ3n) is 3.00. The molecule has 1 aromatic heterocycles. The van der Waals surface area contributed by atoms with E-state index in [-0.39, 0.29) is 11.9 Å². The number of nitrogens with zero attached hydrogens (tertiary/aromatic N) is 1. The second kappa shape index (κ2) is 6.38. The van der Waals surface area contributed by atoms with Gasteiger partial charge in [-0.1, -0.05) is 6.92 Å². The van der Waals surface area contributed by atoms with Crippen molar-refractivity contribution >= 4 is 28.6 Å². The van der Waals surface area contributed by atoms with Gasteiger partial charge in [0.1, 0.15) is 5.01 Å². The maximum absolute atomic E-state index is 11.9. The Bertz CT molecular complexity index is 583. The van der Waals surface area contributed by atoms with Gasteiger partial charge in [-0.2, -0.15) is 0 Å². The number of aromatic nitrogens is 1. The van der Waals surface area contributed by atoms with Crippen molar-refractivity contribution in [3.63, 3.8) is 0 Å². The Morgan fingerprint density at radius 2 is 2.30 bits per heavy atom. The molecule has 0 spiro atoms. The maximum atomic E-state index is 11.9. The monoisotopic (exact) mass is 290 g/mol. The molecule has 6 heteroatoms. The van der Waals surface area contributed by atoms with E-state index in [2.05, 4.69) is 22.5 Å². The molecule has 0 aliphatic rings. The topological polar surface area (TPSA) is 80.0 Å². The summed E-state index contributed by atoms with van der Waals surface area (Å²) in [6, 6.07) is 5.30. The number of rotatable bonds is 5. The fourth-order valence-electron chi connectivity index (χ4n) is 1.95. The first kappa shape index (κ1) is 14.3. The average molecular weight is 290 g/mol. The largest absolute Gasteiger partial charge is 0.399 e. The first-order chi connectivity index (χ1) is 9.65. The summed E-state index contributed by atoms with van der Waals surface area (Å²) in [5.74, 6) is -0.138. The molecule has 1 aromatic carbocycles. The van der Waals surface area contributed by atoms with Crippen molar-refractivity contribution in [3.05, 3.63) is 40.3 Å². The summed E-state index contributed by atoms with van der Waals surface area (Å²) in [4.78, 5) is 16.2. The van der Waals surface area contributed by atoms with E-state index in [0.717, 1.165) is 17.1 Å². The molecule has 0 bridgehead atoms. The highest BCUT2D eigenvalue weighted by atomic mass is 32.1. The van der Waals surface area contributed by atoms with Gasteiger partial charge in [-0.3, -0.25) is 4.79 Å². The number of thiazole rings is 1. The lowest BCUT2D eigenvalue weighted by molar-refractivity contribution is 0.0964. The Kier molecular flexibility index (Phi) is 4.57. The van der Waals surface area contributed by atoms with Crippen LogP contribution in [0.25, 0.3) is 0 Å². The van der Waals surface area contributed by atoms with Crippen LogP contribution in [-0.2, 0) is 0 Å². The molecule has 20 heavy (non-hydrogen) atoms. The molecule has 1 heterocycles. The number of carbonyl (C=O) groups is 1. The molecule has 1 unspecified atom stereocenters. The number of nitrogens with one attached hydrogen (secondary N) is 2. The molecule has 0 aliphatic carbocycles. The van der Waals surface area contributed by atoms with Crippen LogP contribution in [0.1, 0.15) is 34.8 Å². The summed E-state index contributed by atoms with van der Waals surface area (Å²) in [6.45, 7) is 2.07. The van der Waals surface area contributed by atoms with Gasteiger partial charge in [-0.25, -0.2) is 4.98 Å². The van der Waals surface area contributed by atoms with Crippen molar-refractivity contribution in [2.24, 2.45) is 0 Å². The van der Waals surface area contributed by atoms with Crippen LogP contribution < -0.4 is 16.4 Å². The van der Waals surface area contributed by atoms with Crippen molar-refractivity contribution in [3.8, 4) is 0 Å². The third kappa shape index (κ3) is 3.08. The lowest BCUT2D eigenvalue weighted by Crippen LogP contribution is -2.21. The Morgan fingerprint density at radius 1 is 1.50 bits per heavy atom. The minimum absolute atomic E-state index is 0.0696. The van der Waals surface area contributed by atoms with Crippen LogP contribution in [0.15, 0.2) is 29.8 Å². The van der Waals surface area contributed by atoms with Gasteiger partial charge in [0.25, 0.3) is 5.91 Å². The molecule has 106 valence electrons. The average Bonchev–Trinajstić information content (AvgIpc) is 2.98. The number of nitrogen functional groups attached to an aromatic ring is 1. The van der Waals surface area contributed by atoms with Crippen LogP contribution in [0.2, 0.25) is 0 Å². The van der Waals surface area contributed by atoms with E-state index in [1.807, 2.05) is 5.38 Å². The van der Waals surface area contributed by atoms with Gasteiger partial charge in [0.15, 0.2) is 0 Å². The highest BCUT2D eigenvalue weighted by Gasteiger charge is 2.16. The molecule has 2 aromatic rings. The lowest BCUT2D eigenvalue weighted by atomic mass is 10.1. The number of hydrogen-bond acceptors (Lipinski definition) is 5. The van der Waals surface area contributed by atoms with Crippen LogP contribution in [0.5, 0.6) is 0 Å². The van der Waals surface area contributed by atoms with Crippen molar-refractivity contribution in [2.75, 3.05) is 18.1 Å². The zero-order chi connectivity index (χ0) is 14.5. The zero-order valence-electron chi connectivity index (χ0n) is 11.5. The highest BCUT2D eigenvalue weighted by Crippen LogP contribution is 2.27. The van der Waals surface area contributed by atoms with Crippen LogP contribution in [0, 0.1) is 0 Å². The van der Waals surface area contributed by atoms with Gasteiger partial charge in [-0.05, 0) is 24.6 Å². The van der Waals surface area contributed by atoms with Gasteiger partial charge in [0.05, 0.1) is 11.6 Å². The van der Waals surface area contributed by atoms with Gasteiger partial charge in [0.2, 0.25) is 0 Å². The number of benzene rings is 1. The summed E-state index contributed by atoms with van der Waals surface area (Å²) in [5, 5.41) is 8.94. The minimum atomic E-state index is -0.138. The van der Waals surface area contributed by atoms with E-state index < -0.39 is 0 Å². The van der Waals surface area contributed by atoms with Gasteiger partial charge in [-0.15, -0.1) is 11.3 Å². The molecule has 4 N–H and O–H groups in total. The standard InChI is InChI=1S/C14H18N4OS/c1-3-11(14-17-6-7-20-14)18-12-8-9(15)4-5-10(12)13(19)16-2/h4-8,11,18H,3,15H2,1-2H3,(H,16,19). The molecular weight excluding hydrogens is 272 g/mol. The van der Waals surface area contributed by atoms with Gasteiger partial charge >= 0.3 is 0 Å². The lowest BCUT2D eigenvalue weighted by Gasteiger charge is -2.18. The number of anilines is 2. The van der Waals surface area contributed by atoms with Crippen molar-refractivity contribution in [1.82, 2.24) is 10.3 Å². The second-order valence-corrected chi connectivity index (χ2v) is 5.29. The van der Waals surface area contributed by atoms with E-state index in [0.29, 0.717) is 11.3 Å². The molecule has 0 aliphatic heterocycles. The number of nitrogens with two attached hydrogens (primary N) is 1. The van der Waals surface area contributed by atoms with E-state index in [4.69, 9.17) is 5.73 Å². The molecule has 0 fully saturated rings. The van der Waals surface area contributed by atoms with Crippen molar-refractivity contribution in [2.45, 2.75) is 19.4 Å². The smallest absolute Gasteiger partial charge is 0.253 e. The molecule has 0 saturated carbocycles. The summed E-state index contributed by atoms with van der Waals surface area (Å²) in [7, 11) is 1.61. The van der Waals surface area contributed by atoms with Gasteiger partial charge < -0.3 is 16.4 Å². The van der Waals surface area contributed by atoms with Crippen LogP contribution in [0.3, 0.4) is 0 Å². The SMILES string of the molecule is CCC(Nc1cc(N)ccc1C(=O)NC)c1nccs1. The molecular formula is C14H18N4OS. The molecule has 1 atom stereocenters. The minimum Gasteiger partial charge on any atom is -0.399 e. The molecule has 5 nitrogen and oxygen atoms in total. The summed E-state index contributed by atoms with van der Waals surface area (Å²) >= 11 is 1.59. The summed E-state index contributed by atoms with van der Waals surface area (Å²) in [5.41, 5.74) is 7.75. The van der Waals surface area contributed by atoms with Gasteiger partial charge in [0, 0.05) is 30.0 Å². The van der Waals surface area contributed by atoms with E-state index >= 15 is 0 Å². The van der Waals surface area contributed by atoms with E-state index in [1.54, 1.807) is 42.8 Å². The first-order valence-corrected chi connectivity index (χ1v) is 7.31. The predicted molar refractivity (Wildman–Crippen MR) is 83.0 cm³/mol. The Morgan fingerprint density at radius 3 is 2.90 bits per heavy atom. The second-order valence-electron chi connectivity index (χ2n) is 4.36. The normalized spacial score (nSPS) is 11.9. The highest BCUT2D eigenvalue weighted by molar-refractivity contribution is 7.09. The number of hydrogen-bond donors (Lipinski definition) is 3. The van der Waals surface area contributed by atoms with E-state index in [1.165, 1.54) is 0 Å². The molecule has 0 saturated heterocycles. The summed E-state index contributed by atoms with van der Waals surface area (Å²) < 4.78 is 0. The molecule has 2 rings (SSSR count). The Balaban J connectivity index is 2.31. The van der Waals surface area contributed by atoms with Crippen molar-refractivity contribution in [1.29, 1.82) is 0 Å². The summed E-state index contributed by atoms with van der Waals surface area (Å²) in [6.07, 6.45) is 2.65.